The van der Waals surface area contributed by atoms with Crippen LogP contribution in [-0.4, -0.2) is 36.6 Å². The summed E-state index contributed by atoms with van der Waals surface area (Å²) in [4.78, 5) is 0. The molecule has 0 aliphatic heterocycles. The third-order valence-corrected chi connectivity index (χ3v) is 8.23. The molecule has 4 heteroatoms. The first-order valence-corrected chi connectivity index (χ1v) is 14.0. The summed E-state index contributed by atoms with van der Waals surface area (Å²) in [7, 11) is 0. The lowest BCUT2D eigenvalue weighted by Gasteiger charge is -2.36. The van der Waals surface area contributed by atoms with Crippen molar-refractivity contribution in [3.63, 3.8) is 0 Å². The molecule has 6 aromatic rings. The van der Waals surface area contributed by atoms with E-state index >= 15 is 0 Å². The van der Waals surface area contributed by atoms with Crippen LogP contribution in [-0.2, 0) is 5.41 Å². The molecule has 1 aliphatic rings. The zero-order valence-corrected chi connectivity index (χ0v) is 22.6. The predicted octanol–water partition coefficient (Wildman–Crippen LogP) is 7.10. The van der Waals surface area contributed by atoms with Gasteiger partial charge in [0.1, 0.15) is 24.7 Å². The molecule has 0 fully saturated rings. The van der Waals surface area contributed by atoms with Gasteiger partial charge in [-0.05, 0) is 56.3 Å². The van der Waals surface area contributed by atoms with E-state index in [2.05, 4.69) is 97.1 Å². The first-order valence-electron chi connectivity index (χ1n) is 14.0. The Morgan fingerprint density at radius 2 is 0.805 bits per heavy atom. The van der Waals surface area contributed by atoms with Gasteiger partial charge in [-0.3, -0.25) is 0 Å². The van der Waals surface area contributed by atoms with Gasteiger partial charge in [0.05, 0.1) is 18.6 Å². The van der Waals surface area contributed by atoms with Gasteiger partial charge in [0.2, 0.25) is 0 Å². The Kier molecular flexibility index (Phi) is 6.43. The van der Waals surface area contributed by atoms with Crippen molar-refractivity contribution < 1.29 is 19.7 Å². The number of fused-ring (bicyclic) bond motifs is 5. The minimum Gasteiger partial charge on any atom is -0.491 e. The van der Waals surface area contributed by atoms with Crippen LogP contribution < -0.4 is 9.47 Å². The number of hydrogen-bond donors (Lipinski definition) is 2. The molecule has 7 rings (SSSR count). The van der Waals surface area contributed by atoms with E-state index in [1.54, 1.807) is 0 Å². The molecule has 0 atom stereocenters. The second kappa shape index (κ2) is 10.4. The lowest BCUT2D eigenvalue weighted by Crippen LogP contribution is -2.29. The molecule has 6 aromatic carbocycles. The highest BCUT2D eigenvalue weighted by Crippen LogP contribution is 2.59. The second-order valence-electron chi connectivity index (χ2n) is 10.3. The van der Waals surface area contributed by atoms with Crippen LogP contribution in [0.3, 0.4) is 0 Å². The molecule has 0 aromatic heterocycles. The lowest BCUT2D eigenvalue weighted by molar-refractivity contribution is 0.203. The van der Waals surface area contributed by atoms with Crippen LogP contribution in [0.2, 0.25) is 0 Å². The Morgan fingerprint density at radius 3 is 1.24 bits per heavy atom. The molecule has 0 saturated heterocycles. The van der Waals surface area contributed by atoms with Crippen LogP contribution in [0.1, 0.15) is 22.3 Å². The monoisotopic (exact) mass is 538 g/mol. The topological polar surface area (TPSA) is 58.9 Å². The molecule has 0 radical (unpaired) electrons. The molecule has 0 bridgehead atoms. The van der Waals surface area contributed by atoms with E-state index in [1.807, 2.05) is 24.3 Å². The molecule has 0 spiro atoms. The van der Waals surface area contributed by atoms with Crippen LogP contribution in [0.15, 0.2) is 121 Å². The van der Waals surface area contributed by atoms with Crippen molar-refractivity contribution in [2.45, 2.75) is 5.41 Å². The van der Waals surface area contributed by atoms with Crippen molar-refractivity contribution in [3.8, 4) is 22.6 Å². The van der Waals surface area contributed by atoms with Crippen LogP contribution in [0.25, 0.3) is 32.7 Å². The van der Waals surface area contributed by atoms with Gasteiger partial charge >= 0.3 is 0 Å². The van der Waals surface area contributed by atoms with Crippen LogP contribution >= 0.6 is 0 Å². The average molecular weight is 539 g/mol. The Morgan fingerprint density at radius 1 is 0.415 bits per heavy atom. The number of aliphatic hydroxyl groups excluding tert-OH is 2. The Balaban J connectivity index is 1.64. The van der Waals surface area contributed by atoms with Gasteiger partial charge < -0.3 is 19.7 Å². The fourth-order valence-electron chi connectivity index (χ4n) is 6.72. The summed E-state index contributed by atoms with van der Waals surface area (Å²) in [5, 5.41) is 23.1. The summed E-state index contributed by atoms with van der Waals surface area (Å²) in [6, 6.07) is 42.6. The molecule has 1 aliphatic carbocycles. The predicted molar refractivity (Wildman–Crippen MR) is 164 cm³/mol. The van der Waals surface area contributed by atoms with Crippen molar-refractivity contribution in [3.05, 3.63) is 144 Å². The highest BCUT2D eigenvalue weighted by Gasteiger charge is 2.47. The van der Waals surface area contributed by atoms with Gasteiger partial charge in [-0.15, -0.1) is 0 Å². The minimum absolute atomic E-state index is 0.0442. The normalized spacial score (nSPS) is 13.2. The fourth-order valence-corrected chi connectivity index (χ4v) is 6.72. The standard InChI is InChI=1S/C37H30O4/c38-21-23-40-35-19-17-33(27-11-1-3-13-29(27)35)37(31-15-7-5-9-25(31)26-10-6-8-16-32(26)37)34-18-20-36(41-24-22-39)30-14-4-2-12-28(30)34/h1-20,38-39H,21-24H2. The maximum absolute atomic E-state index is 9.46. The van der Waals surface area contributed by atoms with Gasteiger partial charge in [-0.1, -0.05) is 109 Å². The molecule has 4 nitrogen and oxygen atoms in total. The largest absolute Gasteiger partial charge is 0.491 e. The molecular weight excluding hydrogens is 508 g/mol. The summed E-state index contributed by atoms with van der Waals surface area (Å²) in [6.45, 7) is 0.384. The van der Waals surface area contributed by atoms with E-state index < -0.39 is 5.41 Å². The maximum atomic E-state index is 9.46. The van der Waals surface area contributed by atoms with Gasteiger partial charge in [0.15, 0.2) is 0 Å². The number of hydrogen-bond acceptors (Lipinski definition) is 4. The highest BCUT2D eigenvalue weighted by atomic mass is 16.5. The molecular formula is C37H30O4. The number of aliphatic hydroxyl groups is 2. The molecule has 202 valence electrons. The highest BCUT2D eigenvalue weighted by molar-refractivity contribution is 6.01. The van der Waals surface area contributed by atoms with Crippen molar-refractivity contribution >= 4 is 21.5 Å². The van der Waals surface area contributed by atoms with Crippen LogP contribution in [0.5, 0.6) is 11.5 Å². The van der Waals surface area contributed by atoms with E-state index in [9.17, 15) is 10.2 Å². The Bertz CT molecular complexity index is 1750. The van der Waals surface area contributed by atoms with Crippen molar-refractivity contribution in [2.24, 2.45) is 0 Å². The second-order valence-corrected chi connectivity index (χ2v) is 10.3. The smallest absolute Gasteiger partial charge is 0.127 e. The number of rotatable bonds is 8. The quantitative estimate of drug-likeness (QED) is 0.217. The molecule has 0 heterocycles. The number of ether oxygens (including phenoxy) is 2. The lowest BCUT2D eigenvalue weighted by atomic mass is 9.65. The third-order valence-electron chi connectivity index (χ3n) is 8.23. The van der Waals surface area contributed by atoms with Gasteiger partial charge in [-0.25, -0.2) is 0 Å². The van der Waals surface area contributed by atoms with Crippen molar-refractivity contribution in [1.82, 2.24) is 0 Å². The van der Waals surface area contributed by atoms with E-state index in [-0.39, 0.29) is 26.4 Å². The van der Waals surface area contributed by atoms with E-state index in [0.29, 0.717) is 0 Å². The van der Waals surface area contributed by atoms with Crippen LogP contribution in [0, 0.1) is 0 Å². The average Bonchev–Trinajstić information content (AvgIpc) is 3.33. The number of benzene rings is 6. The zero-order valence-electron chi connectivity index (χ0n) is 22.6. The van der Waals surface area contributed by atoms with Gasteiger partial charge in [0, 0.05) is 10.8 Å². The summed E-state index contributed by atoms with van der Waals surface area (Å²) in [5.41, 5.74) is 6.59. The minimum atomic E-state index is -0.628. The third kappa shape index (κ3) is 3.83. The molecule has 0 saturated carbocycles. The summed E-state index contributed by atoms with van der Waals surface area (Å²) in [5.74, 6) is 1.51. The first kappa shape index (κ1) is 25.3. The molecule has 2 N–H and O–H groups in total. The first-order chi connectivity index (χ1) is 20.3. The molecule has 0 amide bonds. The summed E-state index contributed by atoms with van der Waals surface area (Å²) < 4.78 is 12.0. The zero-order chi connectivity index (χ0) is 27.8. The Hall–Kier alpha value is -4.64. The van der Waals surface area contributed by atoms with E-state index in [4.69, 9.17) is 9.47 Å². The summed E-state index contributed by atoms with van der Waals surface area (Å²) in [6.07, 6.45) is 0. The Labute approximate surface area is 239 Å². The van der Waals surface area contributed by atoms with Crippen molar-refractivity contribution in [1.29, 1.82) is 0 Å². The summed E-state index contributed by atoms with van der Waals surface area (Å²) >= 11 is 0. The van der Waals surface area contributed by atoms with Crippen molar-refractivity contribution in [2.75, 3.05) is 26.4 Å². The van der Waals surface area contributed by atoms with E-state index in [1.165, 1.54) is 22.3 Å². The van der Waals surface area contributed by atoms with Gasteiger partial charge in [-0.2, -0.15) is 0 Å². The molecule has 0 unspecified atom stereocenters. The molecule has 41 heavy (non-hydrogen) atoms. The van der Waals surface area contributed by atoms with Gasteiger partial charge in [0.25, 0.3) is 0 Å². The van der Waals surface area contributed by atoms with E-state index in [0.717, 1.165) is 44.2 Å². The SMILES string of the molecule is OCCOc1ccc(C2(c3ccc(OCCO)c4ccccc34)c3ccccc3-c3ccccc32)c2ccccc12. The fraction of sp³-hybridized carbons (Fsp3) is 0.135. The maximum Gasteiger partial charge on any atom is 0.127 e. The van der Waals surface area contributed by atoms with Crippen LogP contribution in [0.4, 0.5) is 0 Å².